The first kappa shape index (κ1) is 61.5. The summed E-state index contributed by atoms with van der Waals surface area (Å²) >= 11 is 2.95. The highest BCUT2D eigenvalue weighted by Crippen LogP contribution is 2.35. The van der Waals surface area contributed by atoms with E-state index in [1.165, 1.54) is 47.6 Å². The number of aryl methyl sites for hydroxylation is 2. The maximum absolute atomic E-state index is 14.7. The fourth-order valence-electron chi connectivity index (χ4n) is 12.2. The summed E-state index contributed by atoms with van der Waals surface area (Å²) in [6, 6.07) is 28.3. The molecule has 4 aromatic carbocycles. The number of rotatable bonds is 18. The Morgan fingerprint density at radius 2 is 1.60 bits per heavy atom. The fourth-order valence-corrected chi connectivity index (χ4v) is 14.8. The van der Waals surface area contributed by atoms with E-state index in [0.29, 0.717) is 58.6 Å². The second-order valence-electron chi connectivity index (χ2n) is 24.4. The number of aliphatic hydroxyl groups is 1. The summed E-state index contributed by atoms with van der Waals surface area (Å²) in [5.74, 6) is -1.69. The molecule has 4 atom stereocenters. The molecule has 8 aromatic rings. The Hall–Kier alpha value is -8.18. The number of hydrogen-bond acceptors (Lipinski definition) is 15. The third kappa shape index (κ3) is 13.6. The number of β-amino-alcohol motifs (C(OH)–C–C–N with tert-alkyl or cyclic N) is 1. The maximum atomic E-state index is 14.7. The Kier molecular flexibility index (Phi) is 18.1. The minimum atomic E-state index is -4.49. The Bertz CT molecular complexity index is 4000. The molecule has 88 heavy (non-hydrogen) atoms. The number of amides is 5. The molecule has 22 heteroatoms. The number of aliphatic hydroxyl groups excluding tert-OH is 1. The molecule has 0 unspecified atom stereocenters. The Balaban J connectivity index is 0.759. The van der Waals surface area contributed by atoms with Gasteiger partial charge in [-0.15, -0.1) is 11.3 Å². The second kappa shape index (κ2) is 25.9. The van der Waals surface area contributed by atoms with Crippen molar-refractivity contribution >= 4 is 83.4 Å². The monoisotopic (exact) mass is 1240 g/mol. The van der Waals surface area contributed by atoms with Gasteiger partial charge in [0.15, 0.2) is 5.13 Å². The van der Waals surface area contributed by atoms with Gasteiger partial charge in [-0.2, -0.15) is 5.10 Å². The number of nitrogens with zero attached hydrogens (tertiary/aromatic N) is 7. The molecule has 19 nitrogen and oxygen atoms in total. The summed E-state index contributed by atoms with van der Waals surface area (Å²) < 4.78 is 33.6. The summed E-state index contributed by atoms with van der Waals surface area (Å²) in [5.41, 5.74) is 9.34. The van der Waals surface area contributed by atoms with E-state index < -0.39 is 63.3 Å². The van der Waals surface area contributed by atoms with E-state index >= 15 is 0 Å². The van der Waals surface area contributed by atoms with Gasteiger partial charge in [0.05, 0.1) is 49.5 Å². The molecular weight excluding hydrogens is 1170 g/mol. The van der Waals surface area contributed by atoms with Gasteiger partial charge in [0, 0.05) is 61.4 Å². The molecule has 5 amide bonds. The topological polar surface area (TPSA) is 251 Å². The molecule has 3 aliphatic rings. The molecule has 1 saturated carbocycles. The SMILES string of the molecule is Cc1ncsc1-c1ccc([C@H](C)NC(=O)[C@@H]2C[C@H](O)CN2C(=O)[C@@H](NC(=O)CCc2ccc(S(=O)(=O)NC(=O)c3nc(N4CCc5cccc(C(=O)Nc6nc7ccccc7s6)c5C4)ccc3-c3cnn(CC4CCCCC4)c3C)cc2)C(C)(C)C)cc1. The molecule has 6 heterocycles. The number of likely N-dealkylation sites (tertiary alicyclic amines) is 1. The van der Waals surface area contributed by atoms with Crippen LogP contribution in [-0.2, 0) is 50.3 Å². The first-order chi connectivity index (χ1) is 42.2. The third-order valence-electron chi connectivity index (χ3n) is 17.2. The van der Waals surface area contributed by atoms with E-state index in [1.807, 2.05) is 118 Å². The lowest BCUT2D eigenvalue weighted by Gasteiger charge is -2.35. The van der Waals surface area contributed by atoms with Crippen LogP contribution in [0.2, 0.25) is 0 Å². The fraction of sp³-hybridized carbons (Fsp3) is 0.379. The molecule has 0 spiro atoms. The summed E-state index contributed by atoms with van der Waals surface area (Å²) in [6.07, 6.45) is 7.30. The lowest BCUT2D eigenvalue weighted by Crippen LogP contribution is -2.57. The number of fused-ring (bicyclic) bond motifs is 2. The molecule has 1 aliphatic carbocycles. The molecule has 458 valence electrons. The molecule has 0 bridgehead atoms. The van der Waals surface area contributed by atoms with Crippen molar-refractivity contribution in [1.29, 1.82) is 0 Å². The van der Waals surface area contributed by atoms with E-state index in [4.69, 9.17) is 10.1 Å². The third-order valence-corrected chi connectivity index (χ3v) is 20.4. The predicted molar refractivity (Wildman–Crippen MR) is 341 cm³/mol. The van der Waals surface area contributed by atoms with E-state index in [1.54, 1.807) is 47.3 Å². The summed E-state index contributed by atoms with van der Waals surface area (Å²) in [6.45, 7) is 12.7. The minimum absolute atomic E-state index is 0.0402. The second-order valence-corrected chi connectivity index (χ2v) is 28.0. The number of benzene rings is 4. The van der Waals surface area contributed by atoms with Crippen LogP contribution < -0.4 is 25.6 Å². The quantitative estimate of drug-likeness (QED) is 0.0537. The zero-order valence-corrected chi connectivity index (χ0v) is 52.7. The van der Waals surface area contributed by atoms with Crippen molar-refractivity contribution in [3.05, 3.63) is 160 Å². The molecule has 11 rings (SSSR count). The zero-order valence-electron chi connectivity index (χ0n) is 50.2. The van der Waals surface area contributed by atoms with Gasteiger partial charge in [0.2, 0.25) is 17.7 Å². The van der Waals surface area contributed by atoms with Crippen molar-refractivity contribution in [2.24, 2.45) is 11.3 Å². The van der Waals surface area contributed by atoms with Crippen LogP contribution in [0.25, 0.3) is 31.8 Å². The number of anilines is 2. The van der Waals surface area contributed by atoms with Gasteiger partial charge in [0.25, 0.3) is 21.8 Å². The number of para-hydroxylation sites is 1. The summed E-state index contributed by atoms with van der Waals surface area (Å²) in [5, 5.41) is 25.0. The van der Waals surface area contributed by atoms with E-state index in [9.17, 15) is 37.5 Å². The molecule has 0 radical (unpaired) electrons. The lowest BCUT2D eigenvalue weighted by atomic mass is 9.85. The number of carbonyl (C=O) groups excluding carboxylic acids is 5. The Morgan fingerprint density at radius 1 is 0.841 bits per heavy atom. The van der Waals surface area contributed by atoms with Crippen molar-refractivity contribution in [3.63, 3.8) is 0 Å². The number of carbonyl (C=O) groups is 5. The van der Waals surface area contributed by atoms with Gasteiger partial charge in [-0.25, -0.2) is 28.1 Å². The summed E-state index contributed by atoms with van der Waals surface area (Å²) in [4.78, 5) is 88.7. The number of hydrogen-bond donors (Lipinski definition) is 5. The average molecular weight is 1240 g/mol. The van der Waals surface area contributed by atoms with Crippen molar-refractivity contribution in [2.75, 3.05) is 23.3 Å². The highest BCUT2D eigenvalue weighted by atomic mass is 32.2. The van der Waals surface area contributed by atoms with Gasteiger partial charge >= 0.3 is 0 Å². The van der Waals surface area contributed by atoms with Crippen LogP contribution >= 0.6 is 22.7 Å². The van der Waals surface area contributed by atoms with Crippen LogP contribution in [0.15, 0.2) is 120 Å². The van der Waals surface area contributed by atoms with Crippen LogP contribution in [0.1, 0.15) is 133 Å². The normalized spacial score (nSPS) is 17.1. The first-order valence-corrected chi connectivity index (χ1v) is 33.2. The van der Waals surface area contributed by atoms with Crippen molar-refractivity contribution in [2.45, 2.75) is 142 Å². The number of nitrogens with one attached hydrogen (secondary N) is 4. The predicted octanol–water partition coefficient (Wildman–Crippen LogP) is 10.1. The lowest BCUT2D eigenvalue weighted by molar-refractivity contribution is -0.144. The van der Waals surface area contributed by atoms with Gasteiger partial charge < -0.3 is 25.5 Å². The Labute approximate surface area is 520 Å². The molecular formula is C66H73N11O8S3. The minimum Gasteiger partial charge on any atom is -0.391 e. The van der Waals surface area contributed by atoms with Crippen LogP contribution in [0, 0.1) is 25.2 Å². The molecule has 5 N–H and O–H groups in total. The van der Waals surface area contributed by atoms with Crippen molar-refractivity contribution < 1.29 is 37.5 Å². The molecule has 2 fully saturated rings. The number of sulfonamides is 1. The van der Waals surface area contributed by atoms with Crippen molar-refractivity contribution in [1.82, 2.24) is 45.0 Å². The average Bonchev–Trinajstić information content (AvgIpc) is 2.31. The maximum Gasteiger partial charge on any atom is 0.284 e. The number of pyridine rings is 1. The molecule has 1 saturated heterocycles. The van der Waals surface area contributed by atoms with Gasteiger partial charge in [0.1, 0.15) is 23.6 Å². The number of aromatic nitrogens is 5. The molecule has 4 aromatic heterocycles. The highest BCUT2D eigenvalue weighted by molar-refractivity contribution is 7.90. The van der Waals surface area contributed by atoms with Crippen LogP contribution in [0.4, 0.5) is 10.9 Å². The smallest absolute Gasteiger partial charge is 0.284 e. The van der Waals surface area contributed by atoms with Gasteiger partial charge in [-0.3, -0.25) is 34.0 Å². The first-order valence-electron chi connectivity index (χ1n) is 30.0. The van der Waals surface area contributed by atoms with Crippen molar-refractivity contribution in [3.8, 4) is 21.6 Å². The largest absolute Gasteiger partial charge is 0.391 e. The number of thiazole rings is 2. The van der Waals surface area contributed by atoms with Gasteiger partial charge in [-0.05, 0) is 128 Å². The van der Waals surface area contributed by atoms with Gasteiger partial charge in [-0.1, -0.05) is 112 Å². The zero-order chi connectivity index (χ0) is 62.0. The van der Waals surface area contributed by atoms with E-state index in [2.05, 4.69) is 30.6 Å². The van der Waals surface area contributed by atoms with Crippen LogP contribution in [0.3, 0.4) is 0 Å². The van der Waals surface area contributed by atoms with Crippen LogP contribution in [0.5, 0.6) is 0 Å². The van der Waals surface area contributed by atoms with Crippen LogP contribution in [-0.4, -0.2) is 104 Å². The Morgan fingerprint density at radius 3 is 2.33 bits per heavy atom. The van der Waals surface area contributed by atoms with E-state index in [-0.39, 0.29) is 42.3 Å². The van der Waals surface area contributed by atoms with E-state index in [0.717, 1.165) is 68.1 Å². The standard InChI is InChI=1S/C66H73N11O8S3/c1-39(44-22-24-46(25-23-44)59-40(2)67-38-86-59)69-62(81)54-33-47(78)36-76(54)64(83)60(66(4,5)6)72-57(79)30-21-42-19-26-48(27-20-42)88(84,85)74-63(82)58-49(51-34-68-77(41(51)3)35-43-13-8-7-9-14-43)28-29-56(71-58)75-32-31-45-15-12-16-50(52(45)37-75)61(80)73-65-70-53-17-10-11-18-55(53)87-65/h10-12,15-20,22-29,34,38-39,43,47,54,60,78H,7-9,13-14,21,30-33,35-37H2,1-6H3,(H,69,81)(H,72,79)(H,74,82)(H,70,73,80)/t39-,47-,54-,60+/m0/s1. The highest BCUT2D eigenvalue weighted by Gasteiger charge is 2.45. The summed E-state index contributed by atoms with van der Waals surface area (Å²) in [7, 11) is -4.49. The molecule has 2 aliphatic heterocycles.